The van der Waals surface area contributed by atoms with Crippen molar-refractivity contribution in [1.82, 2.24) is 5.32 Å². The molecule has 2 aromatic carbocycles. The molecule has 1 aromatic heterocycles. The smallest absolute Gasteiger partial charge is 0.104 e. The molecule has 0 fully saturated rings. The first kappa shape index (κ1) is 14.9. The molecule has 0 aliphatic heterocycles. The van der Waals surface area contributed by atoms with Crippen LogP contribution < -0.4 is 5.32 Å². The van der Waals surface area contributed by atoms with Crippen LogP contribution in [-0.2, 0) is 6.42 Å². The van der Waals surface area contributed by atoms with Gasteiger partial charge >= 0.3 is 0 Å². The van der Waals surface area contributed by atoms with Gasteiger partial charge in [-0.1, -0.05) is 42.5 Å². The van der Waals surface area contributed by atoms with Crippen LogP contribution in [0, 0.1) is 6.92 Å². The number of fused-ring (bicyclic) bond motifs is 1. The molecule has 0 radical (unpaired) electrons. The highest BCUT2D eigenvalue weighted by atomic mass is 16.3. The lowest BCUT2D eigenvalue weighted by Crippen LogP contribution is -2.20. The van der Waals surface area contributed by atoms with E-state index in [1.165, 1.54) is 16.3 Å². The second-order valence-corrected chi connectivity index (χ2v) is 5.86. The first-order valence-electron chi connectivity index (χ1n) is 8.00. The van der Waals surface area contributed by atoms with Crippen LogP contribution in [0.2, 0.25) is 0 Å². The Labute approximate surface area is 132 Å². The Kier molecular flexibility index (Phi) is 4.59. The molecule has 114 valence electrons. The Bertz CT molecular complexity index is 739. The van der Waals surface area contributed by atoms with E-state index < -0.39 is 0 Å². The summed E-state index contributed by atoms with van der Waals surface area (Å²) in [5.74, 6) is 2.07. The number of rotatable bonds is 6. The maximum Gasteiger partial charge on any atom is 0.104 e. The average molecular weight is 293 g/mol. The van der Waals surface area contributed by atoms with Crippen molar-refractivity contribution in [2.75, 3.05) is 6.54 Å². The summed E-state index contributed by atoms with van der Waals surface area (Å²) in [5, 5.41) is 6.27. The Morgan fingerprint density at radius 2 is 1.82 bits per heavy atom. The van der Waals surface area contributed by atoms with Crippen LogP contribution in [0.15, 0.2) is 59.0 Å². The molecule has 0 amide bonds. The van der Waals surface area contributed by atoms with Gasteiger partial charge in [-0.05, 0) is 55.3 Å². The standard InChI is InChI=1S/C20H23NO/c1-15-12-13-18(22-15)9-6-14-21-16(2)19-11-5-8-17-7-3-4-10-20(17)19/h3-5,7-8,10-13,16,21H,6,9,14H2,1-2H3. The highest BCUT2D eigenvalue weighted by molar-refractivity contribution is 5.86. The minimum Gasteiger partial charge on any atom is -0.466 e. The molecule has 1 atom stereocenters. The third kappa shape index (κ3) is 3.40. The summed E-state index contributed by atoms with van der Waals surface area (Å²) in [6.07, 6.45) is 2.07. The largest absolute Gasteiger partial charge is 0.466 e. The average Bonchev–Trinajstić information content (AvgIpc) is 2.96. The predicted molar refractivity (Wildman–Crippen MR) is 92.1 cm³/mol. The van der Waals surface area contributed by atoms with E-state index in [-0.39, 0.29) is 0 Å². The van der Waals surface area contributed by atoms with Crippen LogP contribution in [-0.4, -0.2) is 6.54 Å². The Morgan fingerprint density at radius 1 is 1.00 bits per heavy atom. The van der Waals surface area contributed by atoms with Crippen LogP contribution in [0.5, 0.6) is 0 Å². The molecule has 1 N–H and O–H groups in total. The molecule has 0 bridgehead atoms. The van der Waals surface area contributed by atoms with Crippen molar-refractivity contribution in [2.24, 2.45) is 0 Å². The van der Waals surface area contributed by atoms with Crippen molar-refractivity contribution in [2.45, 2.75) is 32.7 Å². The topological polar surface area (TPSA) is 25.2 Å². The van der Waals surface area contributed by atoms with Gasteiger partial charge in [0.25, 0.3) is 0 Å². The number of benzene rings is 2. The summed E-state index contributed by atoms with van der Waals surface area (Å²) in [5.41, 5.74) is 1.37. The second kappa shape index (κ2) is 6.80. The third-order valence-corrected chi connectivity index (χ3v) is 4.14. The van der Waals surface area contributed by atoms with E-state index in [0.29, 0.717) is 6.04 Å². The molecule has 22 heavy (non-hydrogen) atoms. The molecule has 0 aliphatic carbocycles. The molecule has 3 aromatic rings. The maximum atomic E-state index is 5.61. The molecular weight excluding hydrogens is 270 g/mol. The van der Waals surface area contributed by atoms with Crippen LogP contribution >= 0.6 is 0 Å². The fourth-order valence-electron chi connectivity index (χ4n) is 2.94. The summed E-state index contributed by atoms with van der Waals surface area (Å²) in [6, 6.07) is 19.6. The number of nitrogens with one attached hydrogen (secondary N) is 1. The first-order chi connectivity index (χ1) is 10.7. The number of furan rings is 1. The summed E-state index contributed by atoms with van der Waals surface area (Å²) >= 11 is 0. The van der Waals surface area contributed by atoms with Gasteiger partial charge < -0.3 is 9.73 Å². The predicted octanol–water partition coefficient (Wildman–Crippen LogP) is 5.02. The number of hydrogen-bond donors (Lipinski definition) is 1. The van der Waals surface area contributed by atoms with Crippen molar-refractivity contribution in [1.29, 1.82) is 0 Å². The number of hydrogen-bond acceptors (Lipinski definition) is 2. The molecule has 0 saturated carbocycles. The van der Waals surface area contributed by atoms with Gasteiger partial charge in [0.2, 0.25) is 0 Å². The molecule has 0 spiro atoms. The SMILES string of the molecule is Cc1ccc(CCCNC(C)c2cccc3ccccc23)o1. The Hall–Kier alpha value is -2.06. The quantitative estimate of drug-likeness (QED) is 0.645. The minimum absolute atomic E-state index is 0.351. The lowest BCUT2D eigenvalue weighted by atomic mass is 9.99. The van der Waals surface area contributed by atoms with Gasteiger partial charge in [0.15, 0.2) is 0 Å². The zero-order valence-corrected chi connectivity index (χ0v) is 13.3. The number of aryl methyl sites for hydroxylation is 2. The molecule has 0 aliphatic rings. The zero-order valence-electron chi connectivity index (χ0n) is 13.3. The van der Waals surface area contributed by atoms with Crippen LogP contribution in [0.3, 0.4) is 0 Å². The van der Waals surface area contributed by atoms with Gasteiger partial charge in [0.1, 0.15) is 11.5 Å². The van der Waals surface area contributed by atoms with E-state index in [1.807, 2.05) is 13.0 Å². The monoisotopic (exact) mass is 293 g/mol. The summed E-state index contributed by atoms with van der Waals surface area (Å²) in [4.78, 5) is 0. The van der Waals surface area contributed by atoms with Gasteiger partial charge in [-0.25, -0.2) is 0 Å². The van der Waals surface area contributed by atoms with Gasteiger partial charge in [-0.3, -0.25) is 0 Å². The highest BCUT2D eigenvalue weighted by Crippen LogP contribution is 2.24. The molecule has 2 heteroatoms. The normalized spacial score (nSPS) is 12.6. The lowest BCUT2D eigenvalue weighted by molar-refractivity contribution is 0.467. The van der Waals surface area contributed by atoms with E-state index in [4.69, 9.17) is 4.42 Å². The van der Waals surface area contributed by atoms with Gasteiger partial charge in [0, 0.05) is 12.5 Å². The van der Waals surface area contributed by atoms with E-state index in [2.05, 4.69) is 60.8 Å². The fraction of sp³-hybridized carbons (Fsp3) is 0.300. The highest BCUT2D eigenvalue weighted by Gasteiger charge is 2.08. The Balaban J connectivity index is 1.58. The van der Waals surface area contributed by atoms with E-state index in [1.54, 1.807) is 0 Å². The lowest BCUT2D eigenvalue weighted by Gasteiger charge is -2.16. The molecule has 1 heterocycles. The van der Waals surface area contributed by atoms with Crippen molar-refractivity contribution >= 4 is 10.8 Å². The minimum atomic E-state index is 0.351. The van der Waals surface area contributed by atoms with E-state index in [9.17, 15) is 0 Å². The van der Waals surface area contributed by atoms with E-state index >= 15 is 0 Å². The maximum absolute atomic E-state index is 5.61. The van der Waals surface area contributed by atoms with Crippen LogP contribution in [0.1, 0.15) is 36.5 Å². The van der Waals surface area contributed by atoms with Crippen molar-refractivity contribution < 1.29 is 4.42 Å². The van der Waals surface area contributed by atoms with Gasteiger partial charge in [-0.2, -0.15) is 0 Å². The summed E-state index contributed by atoms with van der Waals surface area (Å²) in [7, 11) is 0. The van der Waals surface area contributed by atoms with Crippen molar-refractivity contribution in [3.05, 3.63) is 71.7 Å². The molecule has 3 rings (SSSR count). The first-order valence-corrected chi connectivity index (χ1v) is 8.00. The van der Waals surface area contributed by atoms with Crippen molar-refractivity contribution in [3.63, 3.8) is 0 Å². The summed E-state index contributed by atoms with van der Waals surface area (Å²) in [6.45, 7) is 5.22. The zero-order chi connectivity index (χ0) is 15.4. The molecule has 0 saturated heterocycles. The van der Waals surface area contributed by atoms with Gasteiger partial charge in [-0.15, -0.1) is 0 Å². The fourth-order valence-corrected chi connectivity index (χ4v) is 2.94. The Morgan fingerprint density at radius 3 is 2.64 bits per heavy atom. The second-order valence-electron chi connectivity index (χ2n) is 5.86. The summed E-state index contributed by atoms with van der Waals surface area (Å²) < 4.78 is 5.61. The van der Waals surface area contributed by atoms with E-state index in [0.717, 1.165) is 30.9 Å². The van der Waals surface area contributed by atoms with Crippen LogP contribution in [0.25, 0.3) is 10.8 Å². The molecule has 2 nitrogen and oxygen atoms in total. The third-order valence-electron chi connectivity index (χ3n) is 4.14. The molecule has 1 unspecified atom stereocenters. The van der Waals surface area contributed by atoms with Crippen LogP contribution in [0.4, 0.5) is 0 Å². The van der Waals surface area contributed by atoms with Crippen molar-refractivity contribution in [3.8, 4) is 0 Å². The van der Waals surface area contributed by atoms with Gasteiger partial charge in [0.05, 0.1) is 0 Å². The molecular formula is C20H23NO.